The van der Waals surface area contributed by atoms with Crippen molar-refractivity contribution in [3.63, 3.8) is 0 Å². The first kappa shape index (κ1) is 12.9. The maximum atomic E-state index is 13.2. The van der Waals surface area contributed by atoms with Gasteiger partial charge in [-0.15, -0.1) is 0 Å². The van der Waals surface area contributed by atoms with Crippen LogP contribution in [0.1, 0.15) is 24.1 Å². The van der Waals surface area contributed by atoms with Crippen molar-refractivity contribution in [1.29, 1.82) is 0 Å². The van der Waals surface area contributed by atoms with Crippen LogP contribution in [0.5, 0.6) is 0 Å². The maximum Gasteiger partial charge on any atom is 0.125 e. The molecule has 0 aliphatic rings. The van der Waals surface area contributed by atoms with E-state index in [0.29, 0.717) is 10.7 Å². The molecule has 0 saturated heterocycles. The van der Waals surface area contributed by atoms with E-state index in [1.165, 1.54) is 17.7 Å². The standard InChI is InChI=1S/C15H15ClFN/c1-10-3-5-12(6-4-10)11(2)18-15-9-13(17)7-8-14(15)16/h3-9,11,18H,1-2H3. The van der Waals surface area contributed by atoms with Gasteiger partial charge in [-0.25, -0.2) is 4.39 Å². The molecule has 0 radical (unpaired) electrons. The maximum absolute atomic E-state index is 13.2. The molecule has 0 aromatic heterocycles. The van der Waals surface area contributed by atoms with Gasteiger partial charge in [-0.1, -0.05) is 41.4 Å². The number of aryl methyl sites for hydroxylation is 1. The first-order chi connectivity index (χ1) is 8.56. The number of hydrogen-bond acceptors (Lipinski definition) is 1. The van der Waals surface area contributed by atoms with Crippen LogP contribution in [0.15, 0.2) is 42.5 Å². The van der Waals surface area contributed by atoms with Gasteiger partial charge in [0, 0.05) is 6.04 Å². The first-order valence-corrected chi connectivity index (χ1v) is 6.22. The summed E-state index contributed by atoms with van der Waals surface area (Å²) in [5.41, 5.74) is 2.97. The zero-order chi connectivity index (χ0) is 13.1. The molecule has 0 spiro atoms. The highest BCUT2D eigenvalue weighted by Crippen LogP contribution is 2.27. The Morgan fingerprint density at radius 1 is 1.11 bits per heavy atom. The Morgan fingerprint density at radius 3 is 2.44 bits per heavy atom. The number of nitrogens with one attached hydrogen (secondary N) is 1. The number of hydrogen-bond donors (Lipinski definition) is 1. The van der Waals surface area contributed by atoms with Crippen LogP contribution < -0.4 is 5.32 Å². The van der Waals surface area contributed by atoms with E-state index >= 15 is 0 Å². The quantitative estimate of drug-likeness (QED) is 0.825. The van der Waals surface area contributed by atoms with Crippen LogP contribution in [-0.4, -0.2) is 0 Å². The Bertz CT molecular complexity index is 537. The van der Waals surface area contributed by atoms with Gasteiger partial charge in [0.05, 0.1) is 10.7 Å². The van der Waals surface area contributed by atoms with E-state index in [4.69, 9.17) is 11.6 Å². The van der Waals surface area contributed by atoms with Gasteiger partial charge in [0.25, 0.3) is 0 Å². The van der Waals surface area contributed by atoms with E-state index in [0.717, 1.165) is 5.56 Å². The fourth-order valence-corrected chi connectivity index (χ4v) is 1.95. The molecule has 94 valence electrons. The predicted octanol–water partition coefficient (Wildman–Crippen LogP) is 4.96. The molecule has 1 unspecified atom stereocenters. The lowest BCUT2D eigenvalue weighted by atomic mass is 10.1. The Labute approximate surface area is 112 Å². The molecule has 0 fully saturated rings. The van der Waals surface area contributed by atoms with Crippen molar-refractivity contribution in [2.24, 2.45) is 0 Å². The van der Waals surface area contributed by atoms with Crippen LogP contribution in [0.25, 0.3) is 0 Å². The minimum atomic E-state index is -0.294. The molecule has 1 N–H and O–H groups in total. The van der Waals surface area contributed by atoms with Gasteiger partial charge in [0.15, 0.2) is 0 Å². The van der Waals surface area contributed by atoms with E-state index in [1.807, 2.05) is 13.8 Å². The first-order valence-electron chi connectivity index (χ1n) is 5.84. The Balaban J connectivity index is 2.18. The number of halogens is 2. The Kier molecular flexibility index (Phi) is 3.87. The van der Waals surface area contributed by atoms with Gasteiger partial charge in [-0.3, -0.25) is 0 Å². The molecule has 0 aliphatic heterocycles. The molecule has 18 heavy (non-hydrogen) atoms. The lowest BCUT2D eigenvalue weighted by molar-refractivity contribution is 0.628. The highest BCUT2D eigenvalue weighted by atomic mass is 35.5. The van der Waals surface area contributed by atoms with Crippen molar-refractivity contribution in [3.05, 3.63) is 64.4 Å². The smallest absolute Gasteiger partial charge is 0.125 e. The minimum Gasteiger partial charge on any atom is -0.377 e. The van der Waals surface area contributed by atoms with Crippen molar-refractivity contribution >= 4 is 17.3 Å². The summed E-state index contributed by atoms with van der Waals surface area (Å²) in [6.45, 7) is 4.07. The van der Waals surface area contributed by atoms with Crippen LogP contribution >= 0.6 is 11.6 Å². The van der Waals surface area contributed by atoms with Crippen LogP contribution in [0.2, 0.25) is 5.02 Å². The van der Waals surface area contributed by atoms with E-state index in [2.05, 4.69) is 29.6 Å². The molecule has 2 rings (SSSR count). The van der Waals surface area contributed by atoms with Crippen LogP contribution in [0.4, 0.5) is 10.1 Å². The summed E-state index contributed by atoms with van der Waals surface area (Å²) in [4.78, 5) is 0. The van der Waals surface area contributed by atoms with Crippen molar-refractivity contribution in [3.8, 4) is 0 Å². The molecule has 0 saturated carbocycles. The molecule has 1 nitrogen and oxygen atoms in total. The van der Waals surface area contributed by atoms with Crippen molar-refractivity contribution < 1.29 is 4.39 Å². The zero-order valence-corrected chi connectivity index (χ0v) is 11.1. The number of rotatable bonds is 3. The Hall–Kier alpha value is -1.54. The van der Waals surface area contributed by atoms with Gasteiger partial charge in [-0.05, 0) is 37.6 Å². The summed E-state index contributed by atoms with van der Waals surface area (Å²) >= 11 is 6.02. The van der Waals surface area contributed by atoms with Gasteiger partial charge in [0.2, 0.25) is 0 Å². The Morgan fingerprint density at radius 2 is 1.78 bits per heavy atom. The summed E-state index contributed by atoms with van der Waals surface area (Å²) < 4.78 is 13.2. The largest absolute Gasteiger partial charge is 0.377 e. The molecular weight excluding hydrogens is 249 g/mol. The second-order valence-electron chi connectivity index (χ2n) is 4.40. The summed E-state index contributed by atoms with van der Waals surface area (Å²) in [5.74, 6) is -0.294. The molecule has 2 aromatic rings. The predicted molar refractivity (Wildman–Crippen MR) is 74.6 cm³/mol. The molecular formula is C15H15ClFN. The van der Waals surface area contributed by atoms with Crippen molar-refractivity contribution in [2.45, 2.75) is 19.9 Å². The third kappa shape index (κ3) is 3.02. The molecule has 3 heteroatoms. The third-order valence-electron chi connectivity index (χ3n) is 2.88. The van der Waals surface area contributed by atoms with Crippen LogP contribution in [0, 0.1) is 12.7 Å². The monoisotopic (exact) mass is 263 g/mol. The average molecular weight is 264 g/mol. The second kappa shape index (κ2) is 5.40. The van der Waals surface area contributed by atoms with Gasteiger partial charge in [0.1, 0.15) is 5.82 Å². The van der Waals surface area contributed by atoms with Crippen molar-refractivity contribution in [2.75, 3.05) is 5.32 Å². The van der Waals surface area contributed by atoms with Gasteiger partial charge >= 0.3 is 0 Å². The van der Waals surface area contributed by atoms with Gasteiger partial charge in [-0.2, -0.15) is 0 Å². The van der Waals surface area contributed by atoms with E-state index in [9.17, 15) is 4.39 Å². The normalized spacial score (nSPS) is 12.2. The molecule has 2 aromatic carbocycles. The molecule has 0 heterocycles. The van der Waals surface area contributed by atoms with Crippen LogP contribution in [0.3, 0.4) is 0 Å². The summed E-state index contributed by atoms with van der Waals surface area (Å²) in [5, 5.41) is 3.74. The summed E-state index contributed by atoms with van der Waals surface area (Å²) in [6, 6.07) is 12.6. The van der Waals surface area contributed by atoms with E-state index < -0.39 is 0 Å². The average Bonchev–Trinajstić information content (AvgIpc) is 2.34. The fraction of sp³-hybridized carbons (Fsp3) is 0.200. The van der Waals surface area contributed by atoms with Crippen LogP contribution in [-0.2, 0) is 0 Å². The number of benzene rings is 2. The highest BCUT2D eigenvalue weighted by Gasteiger charge is 2.08. The SMILES string of the molecule is Cc1ccc(C(C)Nc2cc(F)ccc2Cl)cc1. The molecule has 0 amide bonds. The summed E-state index contributed by atoms with van der Waals surface area (Å²) in [6.07, 6.45) is 0. The summed E-state index contributed by atoms with van der Waals surface area (Å²) in [7, 11) is 0. The minimum absolute atomic E-state index is 0.0740. The zero-order valence-electron chi connectivity index (χ0n) is 10.4. The highest BCUT2D eigenvalue weighted by molar-refractivity contribution is 6.33. The van der Waals surface area contributed by atoms with E-state index in [1.54, 1.807) is 6.07 Å². The topological polar surface area (TPSA) is 12.0 Å². The number of anilines is 1. The molecule has 0 bridgehead atoms. The lowest BCUT2D eigenvalue weighted by Crippen LogP contribution is -2.07. The third-order valence-corrected chi connectivity index (χ3v) is 3.21. The van der Waals surface area contributed by atoms with Crippen molar-refractivity contribution in [1.82, 2.24) is 0 Å². The van der Waals surface area contributed by atoms with E-state index in [-0.39, 0.29) is 11.9 Å². The fourth-order valence-electron chi connectivity index (χ4n) is 1.78. The lowest BCUT2D eigenvalue weighted by Gasteiger charge is -2.17. The molecule has 1 atom stereocenters. The second-order valence-corrected chi connectivity index (χ2v) is 4.81. The van der Waals surface area contributed by atoms with Gasteiger partial charge < -0.3 is 5.32 Å². The molecule has 0 aliphatic carbocycles.